The molecule has 0 unspecified atom stereocenters. The highest BCUT2D eigenvalue weighted by atomic mass is 32.1. The second-order valence-electron chi connectivity index (χ2n) is 8.90. The van der Waals surface area contributed by atoms with Crippen molar-refractivity contribution in [3.8, 4) is 11.1 Å². The van der Waals surface area contributed by atoms with E-state index in [4.69, 9.17) is 0 Å². The van der Waals surface area contributed by atoms with Gasteiger partial charge in [-0.1, -0.05) is 55.8 Å². The maximum absolute atomic E-state index is 13.7. The van der Waals surface area contributed by atoms with Crippen LogP contribution in [0, 0.1) is 0 Å². The zero-order valence-corrected chi connectivity index (χ0v) is 19.6. The Kier molecular flexibility index (Phi) is 7.08. The normalized spacial score (nSPS) is 23.2. The monoisotopic (exact) mass is 466 g/mol. The van der Waals surface area contributed by atoms with Crippen molar-refractivity contribution in [2.45, 2.75) is 68.8 Å². The number of carbonyl (C=O) groups excluding carboxylic acids is 2. The summed E-state index contributed by atoms with van der Waals surface area (Å²) < 4.78 is 0. The minimum absolute atomic E-state index is 0.289. The van der Waals surface area contributed by atoms with Gasteiger partial charge in [-0.2, -0.15) is 12.6 Å². The molecule has 0 bridgehead atoms. The van der Waals surface area contributed by atoms with Crippen LogP contribution in [-0.2, 0) is 20.8 Å². The number of rotatable bonds is 6. The first-order valence-corrected chi connectivity index (χ1v) is 12.1. The number of nitrogens with one attached hydrogen (secondary N) is 1. The standard InChI is InChI=1S/C26H30N2O4S/c1-2-7-23(33)24(29)27-20-15-18-13-12-17(16-8-4-3-5-9-16)14-19(18)21-10-6-11-22(26(31)32)28(21)25(20)30/h3-5,8-9,12-14,20-23,33H,2,6-7,10-11,15H2,1H3,(H,27,29)(H,31,32)/t20-,21+,22-,23-/m0/s1. The minimum Gasteiger partial charge on any atom is -0.480 e. The lowest BCUT2D eigenvalue weighted by Crippen LogP contribution is -2.56. The molecule has 2 N–H and O–H groups in total. The molecule has 33 heavy (non-hydrogen) atoms. The van der Waals surface area contributed by atoms with Crippen LogP contribution >= 0.6 is 12.6 Å². The first-order chi connectivity index (χ1) is 15.9. The molecular formula is C26H30N2O4S. The molecule has 0 radical (unpaired) electrons. The summed E-state index contributed by atoms with van der Waals surface area (Å²) in [6, 6.07) is 14.1. The molecule has 0 saturated carbocycles. The molecule has 0 aliphatic carbocycles. The molecule has 7 heteroatoms. The summed E-state index contributed by atoms with van der Waals surface area (Å²) in [5.74, 6) is -1.61. The molecule has 6 nitrogen and oxygen atoms in total. The lowest BCUT2D eigenvalue weighted by atomic mass is 9.87. The second-order valence-corrected chi connectivity index (χ2v) is 9.52. The fourth-order valence-electron chi connectivity index (χ4n) is 5.03. The summed E-state index contributed by atoms with van der Waals surface area (Å²) >= 11 is 4.38. The summed E-state index contributed by atoms with van der Waals surface area (Å²) in [5, 5.41) is 12.3. The molecule has 2 aromatic carbocycles. The van der Waals surface area contributed by atoms with Crippen LogP contribution in [0.5, 0.6) is 0 Å². The number of carboxylic acid groups (broad SMARTS) is 1. The zero-order valence-electron chi connectivity index (χ0n) is 18.7. The number of amides is 2. The minimum atomic E-state index is -1.00. The Bertz CT molecular complexity index is 1040. The highest BCUT2D eigenvalue weighted by Gasteiger charge is 2.44. The van der Waals surface area contributed by atoms with Gasteiger partial charge in [0, 0.05) is 6.42 Å². The fraction of sp³-hybridized carbons (Fsp3) is 0.423. The quantitative estimate of drug-likeness (QED) is 0.562. The van der Waals surface area contributed by atoms with E-state index >= 15 is 0 Å². The lowest BCUT2D eigenvalue weighted by Gasteiger charge is -2.40. The number of hydrogen-bond acceptors (Lipinski definition) is 4. The lowest BCUT2D eigenvalue weighted by molar-refractivity contribution is -0.156. The third-order valence-corrected chi connectivity index (χ3v) is 7.17. The number of benzene rings is 2. The van der Waals surface area contributed by atoms with Gasteiger partial charge in [0.05, 0.1) is 11.3 Å². The van der Waals surface area contributed by atoms with Crippen molar-refractivity contribution in [3.63, 3.8) is 0 Å². The van der Waals surface area contributed by atoms with Crippen molar-refractivity contribution in [1.82, 2.24) is 10.2 Å². The Morgan fingerprint density at radius 3 is 2.61 bits per heavy atom. The largest absolute Gasteiger partial charge is 0.480 e. The number of carboxylic acids is 1. The van der Waals surface area contributed by atoms with E-state index in [9.17, 15) is 19.5 Å². The number of hydrogen-bond donors (Lipinski definition) is 3. The molecule has 0 spiro atoms. The van der Waals surface area contributed by atoms with Crippen LogP contribution in [0.25, 0.3) is 11.1 Å². The molecule has 174 valence electrons. The average Bonchev–Trinajstić information content (AvgIpc) is 2.94. The fourth-order valence-corrected chi connectivity index (χ4v) is 5.36. The summed E-state index contributed by atoms with van der Waals surface area (Å²) in [4.78, 5) is 40.0. The number of carbonyl (C=O) groups is 3. The van der Waals surface area contributed by atoms with Gasteiger partial charge in [-0.25, -0.2) is 4.79 Å². The van der Waals surface area contributed by atoms with Crippen molar-refractivity contribution < 1.29 is 19.5 Å². The summed E-state index contributed by atoms with van der Waals surface area (Å²) in [6.45, 7) is 1.98. The number of fused-ring (bicyclic) bond motifs is 3. The van der Waals surface area contributed by atoms with Crippen LogP contribution in [0.15, 0.2) is 48.5 Å². The van der Waals surface area contributed by atoms with Gasteiger partial charge in [0.1, 0.15) is 12.1 Å². The van der Waals surface area contributed by atoms with Crippen molar-refractivity contribution in [2.24, 2.45) is 0 Å². The first kappa shape index (κ1) is 23.4. The predicted molar refractivity (Wildman–Crippen MR) is 130 cm³/mol. The van der Waals surface area contributed by atoms with Gasteiger partial charge < -0.3 is 15.3 Å². The molecular weight excluding hydrogens is 436 g/mol. The highest BCUT2D eigenvalue weighted by molar-refractivity contribution is 7.81. The molecule has 2 heterocycles. The molecule has 0 aromatic heterocycles. The SMILES string of the molecule is CCC[C@H](S)C(=O)N[C@H]1Cc2ccc(-c3ccccc3)cc2[C@H]2CCC[C@@H](C(=O)O)N2C1=O. The van der Waals surface area contributed by atoms with Crippen LogP contribution in [0.2, 0.25) is 0 Å². The van der Waals surface area contributed by atoms with Crippen LogP contribution < -0.4 is 5.32 Å². The van der Waals surface area contributed by atoms with E-state index < -0.39 is 23.3 Å². The van der Waals surface area contributed by atoms with Crippen molar-refractivity contribution in [1.29, 1.82) is 0 Å². The number of aliphatic carboxylic acids is 1. The van der Waals surface area contributed by atoms with Crippen LogP contribution in [0.1, 0.15) is 56.2 Å². The third-order valence-electron chi connectivity index (χ3n) is 6.68. The maximum Gasteiger partial charge on any atom is 0.326 e. The van der Waals surface area contributed by atoms with Crippen LogP contribution in [0.3, 0.4) is 0 Å². The van der Waals surface area contributed by atoms with E-state index in [1.54, 1.807) is 0 Å². The first-order valence-electron chi connectivity index (χ1n) is 11.6. The molecule has 2 amide bonds. The molecule has 2 aliphatic heterocycles. The van der Waals surface area contributed by atoms with E-state index in [0.29, 0.717) is 25.7 Å². The third kappa shape index (κ3) is 4.78. The van der Waals surface area contributed by atoms with E-state index in [1.807, 2.05) is 49.4 Å². The maximum atomic E-state index is 13.7. The molecule has 4 rings (SSSR count). The zero-order chi connectivity index (χ0) is 23.5. The van der Waals surface area contributed by atoms with Gasteiger partial charge in [-0.3, -0.25) is 9.59 Å². The summed E-state index contributed by atoms with van der Waals surface area (Å²) in [6.07, 6.45) is 3.59. The Hall–Kier alpha value is -2.80. The van der Waals surface area contributed by atoms with Crippen LogP contribution in [-0.4, -0.2) is 45.1 Å². The Morgan fingerprint density at radius 2 is 1.91 bits per heavy atom. The van der Waals surface area contributed by atoms with Gasteiger partial charge in [0.2, 0.25) is 11.8 Å². The topological polar surface area (TPSA) is 86.7 Å². The van der Waals surface area contributed by atoms with E-state index in [2.05, 4.69) is 24.0 Å². The van der Waals surface area contributed by atoms with E-state index in [-0.39, 0.29) is 17.9 Å². The Labute approximate surface area is 199 Å². The number of thiol groups is 1. The number of nitrogens with zero attached hydrogens (tertiary/aromatic N) is 1. The van der Waals surface area contributed by atoms with Gasteiger partial charge >= 0.3 is 5.97 Å². The molecule has 2 aliphatic rings. The summed E-state index contributed by atoms with van der Waals surface area (Å²) in [7, 11) is 0. The second kappa shape index (κ2) is 10.00. The predicted octanol–water partition coefficient (Wildman–Crippen LogP) is 4.00. The smallest absolute Gasteiger partial charge is 0.326 e. The molecule has 1 saturated heterocycles. The van der Waals surface area contributed by atoms with Gasteiger partial charge in [-0.05, 0) is 54.0 Å². The molecule has 1 fully saturated rings. The Morgan fingerprint density at radius 1 is 1.15 bits per heavy atom. The van der Waals surface area contributed by atoms with E-state index in [0.717, 1.165) is 35.1 Å². The van der Waals surface area contributed by atoms with Crippen LogP contribution in [0.4, 0.5) is 0 Å². The summed E-state index contributed by atoms with van der Waals surface area (Å²) in [5.41, 5.74) is 4.04. The Balaban J connectivity index is 1.76. The van der Waals surface area contributed by atoms with Gasteiger partial charge in [0.15, 0.2) is 0 Å². The van der Waals surface area contributed by atoms with Crippen molar-refractivity contribution in [3.05, 3.63) is 59.7 Å². The molecule has 2 aromatic rings. The average molecular weight is 467 g/mol. The van der Waals surface area contributed by atoms with Crippen molar-refractivity contribution in [2.75, 3.05) is 0 Å². The van der Waals surface area contributed by atoms with Crippen molar-refractivity contribution >= 4 is 30.4 Å². The molecule has 4 atom stereocenters. The van der Waals surface area contributed by atoms with E-state index in [1.165, 1.54) is 4.90 Å². The number of piperidine rings is 1. The van der Waals surface area contributed by atoms with Gasteiger partial charge in [-0.15, -0.1) is 0 Å². The highest BCUT2D eigenvalue weighted by Crippen LogP contribution is 2.40. The van der Waals surface area contributed by atoms with Gasteiger partial charge in [0.25, 0.3) is 0 Å².